The lowest BCUT2D eigenvalue weighted by Gasteiger charge is -2.30. The van der Waals surface area contributed by atoms with Gasteiger partial charge in [-0.05, 0) is 24.7 Å². The molecule has 5 nitrogen and oxygen atoms in total. The average molecular weight is 300 g/mol. The number of carbonyl (C=O) groups excluding carboxylic acids is 1. The van der Waals surface area contributed by atoms with Crippen molar-refractivity contribution in [2.75, 3.05) is 12.3 Å². The standard InChI is InChI=1S/C14H24N2O3S/c1-9(2)12-16(11(8-20-12)13(17)18)14(19)15-7-10-5-3-4-6-10/h9-12H,3-8H2,1-2H3,(H,15,19)(H,17,18). The summed E-state index contributed by atoms with van der Waals surface area (Å²) >= 11 is 1.57. The van der Waals surface area contributed by atoms with E-state index in [2.05, 4.69) is 5.32 Å². The minimum absolute atomic E-state index is 0.0420. The van der Waals surface area contributed by atoms with E-state index in [1.807, 2.05) is 13.8 Å². The molecule has 0 spiro atoms. The number of rotatable bonds is 4. The monoisotopic (exact) mass is 300 g/mol. The Morgan fingerprint density at radius 3 is 2.55 bits per heavy atom. The van der Waals surface area contributed by atoms with Crippen LogP contribution in [0.1, 0.15) is 39.5 Å². The molecule has 1 aliphatic carbocycles. The van der Waals surface area contributed by atoms with Gasteiger partial charge in [0, 0.05) is 12.3 Å². The van der Waals surface area contributed by atoms with Crippen LogP contribution in [0.15, 0.2) is 0 Å². The van der Waals surface area contributed by atoms with Crippen LogP contribution in [-0.2, 0) is 4.79 Å². The van der Waals surface area contributed by atoms with Crippen LogP contribution < -0.4 is 5.32 Å². The van der Waals surface area contributed by atoms with E-state index in [4.69, 9.17) is 0 Å². The number of aliphatic carboxylic acids is 1. The molecule has 1 heterocycles. The summed E-state index contributed by atoms with van der Waals surface area (Å²) in [4.78, 5) is 25.2. The Balaban J connectivity index is 1.96. The van der Waals surface area contributed by atoms with E-state index in [0.29, 0.717) is 18.2 Å². The highest BCUT2D eigenvalue weighted by Gasteiger charge is 2.42. The van der Waals surface area contributed by atoms with Crippen LogP contribution in [0.5, 0.6) is 0 Å². The summed E-state index contributed by atoms with van der Waals surface area (Å²) in [6.07, 6.45) is 4.83. The molecule has 2 N–H and O–H groups in total. The SMILES string of the molecule is CC(C)C1SCC(C(=O)O)N1C(=O)NCC1CCCC1. The first kappa shape index (κ1) is 15.5. The predicted octanol–water partition coefficient (Wildman–Crippen LogP) is 2.37. The summed E-state index contributed by atoms with van der Waals surface area (Å²) in [7, 11) is 0. The van der Waals surface area contributed by atoms with Gasteiger partial charge in [0.05, 0.1) is 5.37 Å². The van der Waals surface area contributed by atoms with Gasteiger partial charge in [-0.3, -0.25) is 4.90 Å². The van der Waals surface area contributed by atoms with Gasteiger partial charge in [0.1, 0.15) is 6.04 Å². The highest BCUT2D eigenvalue weighted by atomic mass is 32.2. The van der Waals surface area contributed by atoms with E-state index in [0.717, 1.165) is 0 Å². The molecule has 1 saturated heterocycles. The number of hydrogen-bond acceptors (Lipinski definition) is 3. The molecule has 20 heavy (non-hydrogen) atoms. The first-order valence-electron chi connectivity index (χ1n) is 7.41. The topological polar surface area (TPSA) is 69.6 Å². The summed E-state index contributed by atoms with van der Waals surface area (Å²) in [5, 5.41) is 12.2. The number of carbonyl (C=O) groups is 2. The van der Waals surface area contributed by atoms with Crippen LogP contribution in [0, 0.1) is 11.8 Å². The van der Waals surface area contributed by atoms with Crippen molar-refractivity contribution < 1.29 is 14.7 Å². The van der Waals surface area contributed by atoms with Crippen LogP contribution >= 0.6 is 11.8 Å². The van der Waals surface area contributed by atoms with Gasteiger partial charge >= 0.3 is 12.0 Å². The zero-order chi connectivity index (χ0) is 14.7. The number of hydrogen-bond donors (Lipinski definition) is 2. The molecule has 1 aliphatic heterocycles. The molecule has 114 valence electrons. The summed E-state index contributed by atoms with van der Waals surface area (Å²) in [6, 6.07) is -0.913. The van der Waals surface area contributed by atoms with Crippen LogP contribution in [0.4, 0.5) is 4.79 Å². The van der Waals surface area contributed by atoms with Crippen molar-refractivity contribution >= 4 is 23.8 Å². The van der Waals surface area contributed by atoms with E-state index < -0.39 is 12.0 Å². The lowest BCUT2D eigenvalue weighted by molar-refractivity contribution is -0.141. The molecule has 0 aromatic carbocycles. The third-order valence-corrected chi connectivity index (χ3v) is 5.76. The first-order valence-corrected chi connectivity index (χ1v) is 8.46. The molecule has 6 heteroatoms. The third kappa shape index (κ3) is 3.40. The van der Waals surface area contributed by atoms with E-state index >= 15 is 0 Å². The van der Waals surface area contributed by atoms with Crippen LogP contribution in [0.3, 0.4) is 0 Å². The summed E-state index contributed by atoms with van der Waals surface area (Å²) < 4.78 is 0. The Labute approximate surface area is 124 Å². The molecule has 2 atom stereocenters. The Hall–Kier alpha value is -0.910. The quantitative estimate of drug-likeness (QED) is 0.836. The smallest absolute Gasteiger partial charge is 0.327 e. The van der Waals surface area contributed by atoms with E-state index in [1.54, 1.807) is 11.8 Å². The summed E-state index contributed by atoms with van der Waals surface area (Å²) in [5.74, 6) is 0.392. The van der Waals surface area contributed by atoms with Gasteiger partial charge in [-0.1, -0.05) is 26.7 Å². The minimum atomic E-state index is -0.906. The molecule has 1 saturated carbocycles. The molecule has 2 aliphatic rings. The minimum Gasteiger partial charge on any atom is -0.480 e. The lowest BCUT2D eigenvalue weighted by Crippen LogP contribution is -2.52. The molecule has 0 aromatic heterocycles. The zero-order valence-corrected chi connectivity index (χ0v) is 13.0. The number of nitrogens with zero attached hydrogens (tertiary/aromatic N) is 1. The Kier molecular flexibility index (Phi) is 5.18. The molecule has 0 bridgehead atoms. The molecule has 2 rings (SSSR count). The first-order chi connectivity index (χ1) is 9.50. The Morgan fingerprint density at radius 2 is 2.00 bits per heavy atom. The van der Waals surface area contributed by atoms with E-state index in [-0.39, 0.29) is 17.3 Å². The van der Waals surface area contributed by atoms with Crippen LogP contribution in [0.25, 0.3) is 0 Å². The second-order valence-electron chi connectivity index (χ2n) is 6.07. The van der Waals surface area contributed by atoms with Gasteiger partial charge in [0.15, 0.2) is 0 Å². The predicted molar refractivity (Wildman–Crippen MR) is 79.7 cm³/mol. The van der Waals surface area contributed by atoms with Crippen molar-refractivity contribution in [3.05, 3.63) is 0 Å². The van der Waals surface area contributed by atoms with E-state index in [9.17, 15) is 14.7 Å². The Morgan fingerprint density at radius 1 is 1.35 bits per heavy atom. The maximum absolute atomic E-state index is 12.4. The maximum Gasteiger partial charge on any atom is 0.327 e. The lowest BCUT2D eigenvalue weighted by atomic mass is 10.1. The number of thioether (sulfide) groups is 1. The molecule has 0 radical (unpaired) electrons. The van der Waals surface area contributed by atoms with Gasteiger partial charge < -0.3 is 10.4 Å². The molecular formula is C14H24N2O3S. The second-order valence-corrected chi connectivity index (χ2v) is 7.22. The van der Waals surface area contributed by atoms with Crippen molar-refractivity contribution in [3.8, 4) is 0 Å². The van der Waals surface area contributed by atoms with Crippen molar-refractivity contribution in [2.45, 2.75) is 50.9 Å². The van der Waals surface area contributed by atoms with Gasteiger partial charge in [0.25, 0.3) is 0 Å². The molecule has 2 unspecified atom stereocenters. The fourth-order valence-electron chi connectivity index (χ4n) is 3.03. The van der Waals surface area contributed by atoms with Crippen LogP contribution in [0.2, 0.25) is 0 Å². The van der Waals surface area contributed by atoms with Gasteiger partial charge in [0.2, 0.25) is 0 Å². The summed E-state index contributed by atoms with van der Waals surface area (Å²) in [5.41, 5.74) is 0. The molecule has 2 fully saturated rings. The second kappa shape index (κ2) is 6.70. The van der Waals surface area contributed by atoms with Gasteiger partial charge in [-0.25, -0.2) is 9.59 Å². The number of carboxylic acids is 1. The molecular weight excluding hydrogens is 276 g/mol. The number of nitrogens with one attached hydrogen (secondary N) is 1. The van der Waals surface area contributed by atoms with Crippen molar-refractivity contribution in [1.82, 2.24) is 10.2 Å². The fraction of sp³-hybridized carbons (Fsp3) is 0.857. The van der Waals surface area contributed by atoms with Crippen LogP contribution in [-0.4, -0.2) is 45.7 Å². The Bertz CT molecular complexity index is 369. The van der Waals surface area contributed by atoms with Gasteiger partial charge in [-0.15, -0.1) is 11.8 Å². The van der Waals surface area contributed by atoms with Crippen molar-refractivity contribution in [2.24, 2.45) is 11.8 Å². The largest absolute Gasteiger partial charge is 0.480 e. The third-order valence-electron chi connectivity index (χ3n) is 4.14. The average Bonchev–Trinajstić information content (AvgIpc) is 3.04. The van der Waals surface area contributed by atoms with Crippen molar-refractivity contribution in [3.63, 3.8) is 0 Å². The van der Waals surface area contributed by atoms with E-state index in [1.165, 1.54) is 30.6 Å². The summed E-state index contributed by atoms with van der Waals surface area (Å²) in [6.45, 7) is 4.73. The zero-order valence-electron chi connectivity index (χ0n) is 12.2. The fourth-order valence-corrected chi connectivity index (χ4v) is 4.50. The highest BCUT2D eigenvalue weighted by molar-refractivity contribution is 8.00. The number of amides is 2. The van der Waals surface area contributed by atoms with Crippen molar-refractivity contribution in [1.29, 1.82) is 0 Å². The molecule has 0 aromatic rings. The number of urea groups is 1. The maximum atomic E-state index is 12.4. The molecule has 2 amide bonds. The number of carboxylic acid groups (broad SMARTS) is 1. The normalized spacial score (nSPS) is 27.2. The van der Waals surface area contributed by atoms with Gasteiger partial charge in [-0.2, -0.15) is 0 Å². The highest BCUT2D eigenvalue weighted by Crippen LogP contribution is 2.34.